The Morgan fingerprint density at radius 2 is 1.04 bits per heavy atom. The van der Waals surface area contributed by atoms with Crippen LogP contribution in [0.4, 0.5) is 0 Å². The minimum Gasteiger partial charge on any atom is -0.138 e. The van der Waals surface area contributed by atoms with Gasteiger partial charge in [-0.15, -0.1) is 10.2 Å². The van der Waals surface area contributed by atoms with Crippen molar-refractivity contribution in [1.29, 1.82) is 0 Å². The maximum Gasteiger partial charge on any atom is 0.105 e. The van der Waals surface area contributed by atoms with E-state index in [2.05, 4.69) is 51.8 Å². The SMILES string of the molecule is c1ccc(-c2ccccc2-c2nnncc2-c2ccccc2)cc1. The van der Waals surface area contributed by atoms with Gasteiger partial charge in [0.25, 0.3) is 0 Å². The Bertz CT molecular complexity index is 870. The van der Waals surface area contributed by atoms with Gasteiger partial charge in [-0.25, -0.2) is 0 Å². The molecule has 0 aliphatic heterocycles. The molecule has 114 valence electrons. The van der Waals surface area contributed by atoms with Crippen LogP contribution in [-0.4, -0.2) is 15.4 Å². The summed E-state index contributed by atoms with van der Waals surface area (Å²) in [4.78, 5) is 0. The molecule has 1 aromatic heterocycles. The van der Waals surface area contributed by atoms with Crippen LogP contribution in [0.3, 0.4) is 0 Å². The average Bonchev–Trinajstić information content (AvgIpc) is 2.69. The molecule has 0 aliphatic rings. The Morgan fingerprint density at radius 1 is 0.500 bits per heavy atom. The lowest BCUT2D eigenvalue weighted by molar-refractivity contribution is 0.873. The van der Waals surface area contributed by atoms with Gasteiger partial charge < -0.3 is 0 Å². The number of rotatable bonds is 3. The van der Waals surface area contributed by atoms with E-state index in [1.54, 1.807) is 6.20 Å². The lowest BCUT2D eigenvalue weighted by Crippen LogP contribution is -1.96. The second kappa shape index (κ2) is 6.42. The Kier molecular flexibility index (Phi) is 3.82. The van der Waals surface area contributed by atoms with Gasteiger partial charge in [-0.05, 0) is 21.9 Å². The number of aromatic nitrogens is 3. The highest BCUT2D eigenvalue weighted by atomic mass is 15.3. The summed E-state index contributed by atoms with van der Waals surface area (Å²) in [6.07, 6.45) is 1.78. The average molecular weight is 309 g/mol. The smallest absolute Gasteiger partial charge is 0.105 e. The van der Waals surface area contributed by atoms with Crippen LogP contribution in [-0.2, 0) is 0 Å². The molecule has 0 saturated carbocycles. The van der Waals surface area contributed by atoms with Crippen LogP contribution >= 0.6 is 0 Å². The fraction of sp³-hybridized carbons (Fsp3) is 0. The monoisotopic (exact) mass is 309 g/mol. The summed E-state index contributed by atoms with van der Waals surface area (Å²) in [7, 11) is 0. The fourth-order valence-electron chi connectivity index (χ4n) is 2.86. The molecule has 1 heterocycles. The van der Waals surface area contributed by atoms with E-state index >= 15 is 0 Å². The molecule has 0 saturated heterocycles. The molecule has 4 aromatic rings. The van der Waals surface area contributed by atoms with E-state index in [0.717, 1.165) is 33.5 Å². The minimum absolute atomic E-state index is 0.843. The molecule has 0 bridgehead atoms. The third kappa shape index (κ3) is 2.68. The summed E-state index contributed by atoms with van der Waals surface area (Å²) in [5.74, 6) is 0. The van der Waals surface area contributed by atoms with E-state index in [9.17, 15) is 0 Å². The summed E-state index contributed by atoms with van der Waals surface area (Å²) in [5, 5.41) is 12.2. The van der Waals surface area contributed by atoms with Crippen LogP contribution < -0.4 is 0 Å². The van der Waals surface area contributed by atoms with Crippen LogP contribution in [0.15, 0.2) is 91.1 Å². The first kappa shape index (κ1) is 14.3. The Labute approximate surface area is 140 Å². The quantitative estimate of drug-likeness (QED) is 0.542. The lowest BCUT2D eigenvalue weighted by Gasteiger charge is -2.12. The minimum atomic E-state index is 0.843. The topological polar surface area (TPSA) is 38.7 Å². The first-order valence-corrected chi connectivity index (χ1v) is 7.82. The zero-order valence-electron chi connectivity index (χ0n) is 13.0. The molecule has 0 unspecified atom stereocenters. The number of benzene rings is 3. The lowest BCUT2D eigenvalue weighted by atomic mass is 9.94. The molecule has 0 aliphatic carbocycles. The van der Waals surface area contributed by atoms with Crippen molar-refractivity contribution in [1.82, 2.24) is 15.4 Å². The van der Waals surface area contributed by atoms with Gasteiger partial charge in [0.15, 0.2) is 0 Å². The molecule has 4 rings (SSSR count). The van der Waals surface area contributed by atoms with Crippen LogP contribution in [0.5, 0.6) is 0 Å². The maximum atomic E-state index is 4.35. The second-order valence-electron chi connectivity index (χ2n) is 5.47. The van der Waals surface area contributed by atoms with Crippen molar-refractivity contribution in [3.63, 3.8) is 0 Å². The van der Waals surface area contributed by atoms with Crippen LogP contribution in [0.2, 0.25) is 0 Å². The molecule has 3 nitrogen and oxygen atoms in total. The zero-order valence-corrected chi connectivity index (χ0v) is 13.0. The van der Waals surface area contributed by atoms with Gasteiger partial charge in [0.2, 0.25) is 0 Å². The van der Waals surface area contributed by atoms with E-state index in [1.165, 1.54) is 0 Å². The van der Waals surface area contributed by atoms with E-state index < -0.39 is 0 Å². The third-order valence-corrected chi connectivity index (χ3v) is 3.99. The van der Waals surface area contributed by atoms with Crippen molar-refractivity contribution in [2.75, 3.05) is 0 Å². The van der Waals surface area contributed by atoms with Gasteiger partial charge in [0, 0.05) is 11.1 Å². The Hall–Kier alpha value is -3.33. The molecule has 0 N–H and O–H groups in total. The molecule has 3 heteroatoms. The molecule has 0 atom stereocenters. The van der Waals surface area contributed by atoms with E-state index in [1.807, 2.05) is 48.5 Å². The standard InChI is InChI=1S/C21H15N3/c1-3-9-16(10-4-1)18-13-7-8-14-19(18)21-20(15-22-24-23-21)17-11-5-2-6-12-17/h1-15H. The summed E-state index contributed by atoms with van der Waals surface area (Å²) in [5.41, 5.74) is 6.25. The molecule has 0 radical (unpaired) electrons. The largest absolute Gasteiger partial charge is 0.138 e. The first-order valence-electron chi connectivity index (χ1n) is 7.82. The highest BCUT2D eigenvalue weighted by molar-refractivity contribution is 5.88. The molecular weight excluding hydrogens is 294 g/mol. The summed E-state index contributed by atoms with van der Waals surface area (Å²) in [6, 6.07) is 28.8. The van der Waals surface area contributed by atoms with Crippen molar-refractivity contribution >= 4 is 0 Å². The number of hydrogen-bond donors (Lipinski definition) is 0. The van der Waals surface area contributed by atoms with Gasteiger partial charge in [0.1, 0.15) is 5.69 Å². The first-order chi connectivity index (χ1) is 11.9. The van der Waals surface area contributed by atoms with E-state index in [0.29, 0.717) is 0 Å². The highest BCUT2D eigenvalue weighted by Gasteiger charge is 2.14. The van der Waals surface area contributed by atoms with Crippen molar-refractivity contribution < 1.29 is 0 Å². The predicted molar refractivity (Wildman–Crippen MR) is 96.1 cm³/mol. The zero-order chi connectivity index (χ0) is 16.2. The van der Waals surface area contributed by atoms with E-state index in [-0.39, 0.29) is 0 Å². The summed E-state index contributed by atoms with van der Waals surface area (Å²) >= 11 is 0. The number of hydrogen-bond acceptors (Lipinski definition) is 3. The molecule has 3 aromatic carbocycles. The molecule has 0 fully saturated rings. The van der Waals surface area contributed by atoms with Gasteiger partial charge in [-0.1, -0.05) is 84.9 Å². The highest BCUT2D eigenvalue weighted by Crippen LogP contribution is 2.35. The van der Waals surface area contributed by atoms with Crippen molar-refractivity contribution in [2.45, 2.75) is 0 Å². The second-order valence-corrected chi connectivity index (χ2v) is 5.47. The normalized spacial score (nSPS) is 10.5. The van der Waals surface area contributed by atoms with Crippen LogP contribution in [0, 0.1) is 0 Å². The Morgan fingerprint density at radius 3 is 1.71 bits per heavy atom. The van der Waals surface area contributed by atoms with Crippen LogP contribution in [0.1, 0.15) is 0 Å². The molecule has 0 amide bonds. The predicted octanol–water partition coefficient (Wildman–Crippen LogP) is 4.87. The van der Waals surface area contributed by atoms with Gasteiger partial charge in [0.05, 0.1) is 6.20 Å². The Balaban J connectivity index is 1.93. The van der Waals surface area contributed by atoms with Crippen molar-refractivity contribution in [2.24, 2.45) is 0 Å². The van der Waals surface area contributed by atoms with Gasteiger partial charge in [-0.2, -0.15) is 0 Å². The summed E-state index contributed by atoms with van der Waals surface area (Å²) < 4.78 is 0. The molecule has 0 spiro atoms. The molecule has 24 heavy (non-hydrogen) atoms. The summed E-state index contributed by atoms with van der Waals surface area (Å²) in [6.45, 7) is 0. The molecular formula is C21H15N3. The maximum absolute atomic E-state index is 4.35. The number of nitrogens with zero attached hydrogens (tertiary/aromatic N) is 3. The van der Waals surface area contributed by atoms with Crippen molar-refractivity contribution in [3.05, 3.63) is 91.1 Å². The van der Waals surface area contributed by atoms with E-state index in [4.69, 9.17) is 0 Å². The van der Waals surface area contributed by atoms with Crippen molar-refractivity contribution in [3.8, 4) is 33.5 Å². The van der Waals surface area contributed by atoms with Gasteiger partial charge >= 0.3 is 0 Å². The van der Waals surface area contributed by atoms with Gasteiger partial charge in [-0.3, -0.25) is 0 Å². The van der Waals surface area contributed by atoms with Crippen LogP contribution in [0.25, 0.3) is 33.5 Å². The fourth-order valence-corrected chi connectivity index (χ4v) is 2.86. The third-order valence-electron chi connectivity index (χ3n) is 3.99.